The van der Waals surface area contributed by atoms with Crippen LogP contribution in [-0.4, -0.2) is 21.7 Å². The van der Waals surface area contributed by atoms with Gasteiger partial charge in [-0.2, -0.15) is 5.10 Å². The molecule has 2 aromatic carbocycles. The van der Waals surface area contributed by atoms with Crippen LogP contribution in [-0.2, 0) is 4.79 Å². The Hall–Kier alpha value is -3.61. The first kappa shape index (κ1) is 18.2. The van der Waals surface area contributed by atoms with Crippen LogP contribution in [0.25, 0.3) is 5.69 Å². The minimum atomic E-state index is -0.673. The monoisotopic (exact) mass is 363 g/mol. The van der Waals surface area contributed by atoms with Crippen LogP contribution < -0.4 is 16.4 Å². The molecule has 3 amide bonds. The van der Waals surface area contributed by atoms with E-state index in [1.165, 1.54) is 0 Å². The molecule has 0 aliphatic carbocycles. The van der Waals surface area contributed by atoms with Gasteiger partial charge in [-0.1, -0.05) is 36.4 Å². The number of nitrogens with two attached hydrogens (primary N) is 1. The normalized spacial score (nSPS) is 11.6. The van der Waals surface area contributed by atoms with Crippen LogP contribution >= 0.6 is 0 Å². The van der Waals surface area contributed by atoms with E-state index in [-0.39, 0.29) is 12.3 Å². The highest BCUT2D eigenvalue weighted by molar-refractivity contribution is 5.93. The molecule has 3 aromatic rings. The van der Waals surface area contributed by atoms with Crippen LogP contribution in [0.3, 0.4) is 0 Å². The molecule has 1 unspecified atom stereocenters. The molecule has 0 bridgehead atoms. The van der Waals surface area contributed by atoms with Crippen molar-refractivity contribution in [2.75, 3.05) is 5.32 Å². The zero-order valence-electron chi connectivity index (χ0n) is 14.9. The SMILES string of the molecule is Cc1ccccc1C(CC(=O)Nc1ccccc1-n1cccn1)NC(N)=O. The van der Waals surface area contributed by atoms with E-state index < -0.39 is 12.1 Å². The average molecular weight is 363 g/mol. The number of aromatic nitrogens is 2. The predicted molar refractivity (Wildman–Crippen MR) is 103 cm³/mol. The van der Waals surface area contributed by atoms with E-state index in [9.17, 15) is 9.59 Å². The highest BCUT2D eigenvalue weighted by atomic mass is 16.2. The lowest BCUT2D eigenvalue weighted by Crippen LogP contribution is -2.35. The maximum absolute atomic E-state index is 12.7. The number of rotatable bonds is 6. The van der Waals surface area contributed by atoms with Gasteiger partial charge in [0.15, 0.2) is 0 Å². The molecule has 0 aliphatic rings. The second-order valence-corrected chi connectivity index (χ2v) is 6.14. The topological polar surface area (TPSA) is 102 Å². The van der Waals surface area contributed by atoms with Gasteiger partial charge in [-0.15, -0.1) is 0 Å². The fraction of sp³-hybridized carbons (Fsp3) is 0.150. The third-order valence-corrected chi connectivity index (χ3v) is 4.20. The molecule has 0 saturated carbocycles. The summed E-state index contributed by atoms with van der Waals surface area (Å²) in [5.41, 5.74) is 8.52. The zero-order valence-corrected chi connectivity index (χ0v) is 14.9. The lowest BCUT2D eigenvalue weighted by Gasteiger charge is -2.20. The van der Waals surface area contributed by atoms with Gasteiger partial charge in [0.2, 0.25) is 5.91 Å². The molecule has 1 aromatic heterocycles. The Morgan fingerprint density at radius 1 is 1.11 bits per heavy atom. The number of hydrogen-bond donors (Lipinski definition) is 3. The van der Waals surface area contributed by atoms with Crippen molar-refractivity contribution in [3.63, 3.8) is 0 Å². The highest BCUT2D eigenvalue weighted by Crippen LogP contribution is 2.23. The molecule has 4 N–H and O–H groups in total. The number of nitrogens with one attached hydrogen (secondary N) is 2. The quantitative estimate of drug-likeness (QED) is 0.627. The number of carbonyl (C=O) groups is 2. The smallest absolute Gasteiger partial charge is 0.312 e. The fourth-order valence-corrected chi connectivity index (χ4v) is 2.97. The molecular weight excluding hydrogens is 342 g/mol. The average Bonchev–Trinajstić information content (AvgIpc) is 3.16. The number of hydrogen-bond acceptors (Lipinski definition) is 3. The molecule has 0 aliphatic heterocycles. The Balaban J connectivity index is 1.80. The third kappa shape index (κ3) is 4.52. The van der Waals surface area contributed by atoms with Crippen molar-refractivity contribution in [3.05, 3.63) is 78.1 Å². The fourth-order valence-electron chi connectivity index (χ4n) is 2.97. The number of carbonyl (C=O) groups excluding carboxylic acids is 2. The van der Waals surface area contributed by atoms with Crippen LogP contribution in [0.2, 0.25) is 0 Å². The molecule has 0 saturated heterocycles. The summed E-state index contributed by atoms with van der Waals surface area (Å²) in [5, 5.41) is 9.76. The van der Waals surface area contributed by atoms with Crippen molar-refractivity contribution in [3.8, 4) is 5.69 Å². The van der Waals surface area contributed by atoms with Gasteiger partial charge < -0.3 is 16.4 Å². The van der Waals surface area contributed by atoms with E-state index in [2.05, 4.69) is 15.7 Å². The number of benzene rings is 2. The van der Waals surface area contributed by atoms with Gasteiger partial charge in [-0.05, 0) is 36.2 Å². The molecule has 3 rings (SSSR count). The molecule has 0 fully saturated rings. The molecular formula is C20H21N5O2. The summed E-state index contributed by atoms with van der Waals surface area (Å²) in [6.45, 7) is 1.93. The molecule has 0 radical (unpaired) electrons. The largest absolute Gasteiger partial charge is 0.352 e. The summed E-state index contributed by atoms with van der Waals surface area (Å²) in [7, 11) is 0. The van der Waals surface area contributed by atoms with Gasteiger partial charge in [0.05, 0.1) is 23.8 Å². The number of para-hydroxylation sites is 2. The van der Waals surface area contributed by atoms with Crippen molar-refractivity contribution in [1.29, 1.82) is 0 Å². The van der Waals surface area contributed by atoms with Gasteiger partial charge in [-0.25, -0.2) is 9.48 Å². The van der Waals surface area contributed by atoms with E-state index in [1.54, 1.807) is 23.1 Å². The second kappa shape index (κ2) is 8.18. The second-order valence-electron chi connectivity index (χ2n) is 6.14. The summed E-state index contributed by atoms with van der Waals surface area (Å²) >= 11 is 0. The van der Waals surface area contributed by atoms with Gasteiger partial charge in [0, 0.05) is 12.4 Å². The molecule has 7 nitrogen and oxygen atoms in total. The molecule has 1 atom stereocenters. The summed E-state index contributed by atoms with van der Waals surface area (Å²) < 4.78 is 1.68. The predicted octanol–water partition coefficient (Wildman–Crippen LogP) is 2.92. The Kier molecular flexibility index (Phi) is 5.51. The van der Waals surface area contributed by atoms with Crippen molar-refractivity contribution >= 4 is 17.6 Å². The first-order valence-electron chi connectivity index (χ1n) is 8.55. The van der Waals surface area contributed by atoms with Crippen molar-refractivity contribution < 1.29 is 9.59 Å². The molecule has 138 valence electrons. The van der Waals surface area contributed by atoms with E-state index in [0.717, 1.165) is 16.8 Å². The van der Waals surface area contributed by atoms with E-state index >= 15 is 0 Å². The summed E-state index contributed by atoms with van der Waals surface area (Å²) in [6.07, 6.45) is 3.53. The lowest BCUT2D eigenvalue weighted by atomic mass is 9.98. The Morgan fingerprint density at radius 3 is 2.56 bits per heavy atom. The number of primary amides is 1. The molecule has 7 heteroatoms. The lowest BCUT2D eigenvalue weighted by molar-refractivity contribution is -0.116. The van der Waals surface area contributed by atoms with Gasteiger partial charge in [0.25, 0.3) is 0 Å². The standard InChI is InChI=1S/C20H21N5O2/c1-14-7-2-3-8-15(14)17(24-20(21)27)13-19(26)23-16-9-4-5-10-18(16)25-12-6-11-22-25/h2-12,17H,13H2,1H3,(H,23,26)(H3,21,24,27). The molecule has 27 heavy (non-hydrogen) atoms. The van der Waals surface area contributed by atoms with Crippen LogP contribution in [0.4, 0.5) is 10.5 Å². The Bertz CT molecular complexity index is 937. The third-order valence-electron chi connectivity index (χ3n) is 4.20. The molecule has 1 heterocycles. The first-order valence-corrected chi connectivity index (χ1v) is 8.55. The van der Waals surface area contributed by atoms with Crippen molar-refractivity contribution in [2.45, 2.75) is 19.4 Å². The number of urea groups is 1. The number of amides is 3. The van der Waals surface area contributed by atoms with E-state index in [1.807, 2.05) is 55.5 Å². The van der Waals surface area contributed by atoms with Crippen molar-refractivity contribution in [1.82, 2.24) is 15.1 Å². The number of nitrogens with zero attached hydrogens (tertiary/aromatic N) is 2. The maximum Gasteiger partial charge on any atom is 0.312 e. The van der Waals surface area contributed by atoms with Crippen LogP contribution in [0.5, 0.6) is 0 Å². The van der Waals surface area contributed by atoms with Crippen LogP contribution in [0, 0.1) is 6.92 Å². The number of aryl methyl sites for hydroxylation is 1. The van der Waals surface area contributed by atoms with Gasteiger partial charge in [0.1, 0.15) is 0 Å². The summed E-state index contributed by atoms with van der Waals surface area (Å²) in [6, 6.07) is 15.6. The first-order chi connectivity index (χ1) is 13.0. The Morgan fingerprint density at radius 2 is 1.85 bits per heavy atom. The van der Waals surface area contributed by atoms with Gasteiger partial charge >= 0.3 is 6.03 Å². The van der Waals surface area contributed by atoms with Gasteiger partial charge in [-0.3, -0.25) is 4.79 Å². The highest BCUT2D eigenvalue weighted by Gasteiger charge is 2.19. The van der Waals surface area contributed by atoms with E-state index in [4.69, 9.17) is 5.73 Å². The minimum absolute atomic E-state index is 0.0568. The Labute approximate surface area is 157 Å². The van der Waals surface area contributed by atoms with Crippen LogP contribution in [0.15, 0.2) is 67.0 Å². The van der Waals surface area contributed by atoms with Crippen LogP contribution in [0.1, 0.15) is 23.6 Å². The summed E-state index contributed by atoms with van der Waals surface area (Å²) in [4.78, 5) is 24.1. The van der Waals surface area contributed by atoms with E-state index in [0.29, 0.717) is 5.69 Å². The van der Waals surface area contributed by atoms with Crippen molar-refractivity contribution in [2.24, 2.45) is 5.73 Å². The summed E-state index contributed by atoms with van der Waals surface area (Å²) in [5.74, 6) is -0.239. The minimum Gasteiger partial charge on any atom is -0.352 e. The zero-order chi connectivity index (χ0) is 19.2. The maximum atomic E-state index is 12.7. The number of anilines is 1. The molecule has 0 spiro atoms.